The zero-order valence-corrected chi connectivity index (χ0v) is 10.5. The van der Waals surface area contributed by atoms with Gasteiger partial charge in [0.25, 0.3) is 0 Å². The van der Waals surface area contributed by atoms with E-state index >= 15 is 0 Å². The van der Waals surface area contributed by atoms with Gasteiger partial charge < -0.3 is 0 Å². The number of hydrogen-bond donors (Lipinski definition) is 0. The second-order valence-corrected chi connectivity index (χ2v) is 5.08. The molecule has 0 bridgehead atoms. The van der Waals surface area contributed by atoms with Crippen LogP contribution in [0.3, 0.4) is 0 Å². The van der Waals surface area contributed by atoms with E-state index in [9.17, 15) is 0 Å². The number of allylic oxidation sites excluding steroid dienone is 5. The molecule has 0 aromatic heterocycles. The summed E-state index contributed by atoms with van der Waals surface area (Å²) in [6, 6.07) is 0. The third kappa shape index (κ3) is 3.42. The Hall–Kier alpha value is -0.350. The molecular formula is C13H21P. The van der Waals surface area contributed by atoms with Gasteiger partial charge in [-0.1, -0.05) is 59.5 Å². The van der Waals surface area contributed by atoms with E-state index in [0.29, 0.717) is 5.92 Å². The first-order valence-electron chi connectivity index (χ1n) is 5.59. The van der Waals surface area contributed by atoms with Gasteiger partial charge in [0, 0.05) is 0 Å². The molecule has 1 heteroatoms. The average molecular weight is 208 g/mol. The average Bonchev–Trinajstić information content (AvgIpc) is 2.15. The third-order valence-electron chi connectivity index (χ3n) is 2.77. The van der Waals surface area contributed by atoms with Crippen LogP contribution >= 0.6 is 8.58 Å². The fourth-order valence-electron chi connectivity index (χ4n) is 1.73. The summed E-state index contributed by atoms with van der Waals surface area (Å²) in [5.41, 5.74) is 0. The number of rotatable bonds is 3. The highest BCUT2D eigenvalue weighted by molar-refractivity contribution is 7.46. The van der Waals surface area contributed by atoms with Crippen LogP contribution in [0.4, 0.5) is 0 Å². The van der Waals surface area contributed by atoms with Crippen molar-refractivity contribution in [1.82, 2.24) is 0 Å². The summed E-state index contributed by atoms with van der Waals surface area (Å²) in [6.45, 7) is 6.80. The predicted octanol–water partition coefficient (Wildman–Crippen LogP) is 4.70. The van der Waals surface area contributed by atoms with Crippen molar-refractivity contribution in [3.05, 3.63) is 35.4 Å². The highest BCUT2D eigenvalue weighted by Gasteiger charge is 2.08. The Morgan fingerprint density at radius 3 is 2.64 bits per heavy atom. The second-order valence-electron chi connectivity index (χ2n) is 3.88. The van der Waals surface area contributed by atoms with Crippen molar-refractivity contribution >= 4 is 8.58 Å². The molecule has 2 unspecified atom stereocenters. The molecule has 0 aromatic carbocycles. The lowest BCUT2D eigenvalue weighted by molar-refractivity contribution is 0.596. The maximum atomic E-state index is 2.35. The van der Waals surface area contributed by atoms with Crippen molar-refractivity contribution in [2.45, 2.75) is 33.6 Å². The van der Waals surface area contributed by atoms with Gasteiger partial charge in [-0.2, -0.15) is 0 Å². The summed E-state index contributed by atoms with van der Waals surface area (Å²) in [6.07, 6.45) is 11.7. The van der Waals surface area contributed by atoms with Gasteiger partial charge in [0.05, 0.1) is 0 Å². The van der Waals surface area contributed by atoms with E-state index in [0.717, 1.165) is 14.5 Å². The van der Waals surface area contributed by atoms with Gasteiger partial charge in [0.15, 0.2) is 0 Å². The molecule has 0 N–H and O–H groups in total. The molecule has 1 aliphatic rings. The van der Waals surface area contributed by atoms with E-state index in [-0.39, 0.29) is 0 Å². The Kier molecular flexibility index (Phi) is 5.19. The van der Waals surface area contributed by atoms with E-state index in [1.165, 1.54) is 12.8 Å². The van der Waals surface area contributed by atoms with E-state index in [2.05, 4.69) is 50.9 Å². The van der Waals surface area contributed by atoms with E-state index < -0.39 is 0 Å². The molecular weight excluding hydrogens is 187 g/mol. The Balaban J connectivity index is 2.74. The Morgan fingerprint density at radius 1 is 1.29 bits per heavy atom. The van der Waals surface area contributed by atoms with Gasteiger partial charge >= 0.3 is 0 Å². The standard InChI is InChI=1S/C13H21P/c1-4-12(5-2)13-8-6-7-11(3)9-10-14-13/h6-12,14H,4-5H2,1-3H3/b7-6-,10-9-,13-8-. The van der Waals surface area contributed by atoms with Crippen LogP contribution in [0.1, 0.15) is 33.6 Å². The Labute approximate surface area is 90.0 Å². The smallest absolute Gasteiger partial charge is 0.00752 e. The molecule has 1 heterocycles. The van der Waals surface area contributed by atoms with Crippen molar-refractivity contribution in [2.24, 2.45) is 11.8 Å². The van der Waals surface area contributed by atoms with E-state index in [1.54, 1.807) is 5.31 Å². The third-order valence-corrected chi connectivity index (χ3v) is 4.03. The normalized spacial score (nSPS) is 32.0. The molecule has 0 saturated heterocycles. The largest absolute Gasteiger partial charge is 0.0779 e. The fraction of sp³-hybridized carbons (Fsp3) is 0.538. The summed E-state index contributed by atoms with van der Waals surface area (Å²) in [7, 11) is 0.891. The minimum atomic E-state index is 0.599. The monoisotopic (exact) mass is 208 g/mol. The first kappa shape index (κ1) is 11.7. The molecule has 0 aromatic rings. The SMILES string of the molecule is CCC(CC)/C1=C/C=C\C(C)/C=C\P1. The van der Waals surface area contributed by atoms with Crippen LogP contribution in [-0.2, 0) is 0 Å². The van der Waals surface area contributed by atoms with Gasteiger partial charge in [-0.25, -0.2) is 0 Å². The summed E-state index contributed by atoms with van der Waals surface area (Å²) in [4.78, 5) is 0. The lowest BCUT2D eigenvalue weighted by Gasteiger charge is -2.16. The zero-order valence-electron chi connectivity index (χ0n) is 9.46. The summed E-state index contributed by atoms with van der Waals surface area (Å²) < 4.78 is 0. The molecule has 1 rings (SSSR count). The summed E-state index contributed by atoms with van der Waals surface area (Å²) >= 11 is 0. The molecule has 0 nitrogen and oxygen atoms in total. The highest BCUT2D eigenvalue weighted by atomic mass is 31.1. The van der Waals surface area contributed by atoms with Crippen LogP contribution in [0.15, 0.2) is 35.4 Å². The van der Waals surface area contributed by atoms with Gasteiger partial charge in [-0.3, -0.25) is 0 Å². The molecule has 0 saturated carbocycles. The molecule has 0 fully saturated rings. The van der Waals surface area contributed by atoms with E-state index in [4.69, 9.17) is 0 Å². The van der Waals surface area contributed by atoms with Crippen molar-refractivity contribution < 1.29 is 0 Å². The molecule has 78 valence electrons. The first-order chi connectivity index (χ1) is 6.77. The molecule has 1 aliphatic heterocycles. The van der Waals surface area contributed by atoms with Crippen molar-refractivity contribution in [3.63, 3.8) is 0 Å². The first-order valence-corrected chi connectivity index (χ1v) is 6.67. The van der Waals surface area contributed by atoms with Crippen LogP contribution in [-0.4, -0.2) is 0 Å². The molecule has 0 radical (unpaired) electrons. The van der Waals surface area contributed by atoms with Crippen molar-refractivity contribution in [3.8, 4) is 0 Å². The Bertz CT molecular complexity index is 244. The minimum Gasteiger partial charge on any atom is -0.0779 e. The molecule has 2 atom stereocenters. The molecule has 14 heavy (non-hydrogen) atoms. The second kappa shape index (κ2) is 6.19. The highest BCUT2D eigenvalue weighted by Crippen LogP contribution is 2.36. The van der Waals surface area contributed by atoms with E-state index in [1.807, 2.05) is 0 Å². The Morgan fingerprint density at radius 2 is 2.00 bits per heavy atom. The predicted molar refractivity (Wildman–Crippen MR) is 67.9 cm³/mol. The lowest BCUT2D eigenvalue weighted by atomic mass is 10.0. The van der Waals surface area contributed by atoms with Crippen molar-refractivity contribution in [2.75, 3.05) is 0 Å². The lowest BCUT2D eigenvalue weighted by Crippen LogP contribution is -1.97. The van der Waals surface area contributed by atoms with Crippen LogP contribution in [0.2, 0.25) is 0 Å². The molecule has 0 amide bonds. The van der Waals surface area contributed by atoms with Gasteiger partial charge in [-0.05, 0) is 30.0 Å². The molecule has 0 aliphatic carbocycles. The van der Waals surface area contributed by atoms with Crippen molar-refractivity contribution in [1.29, 1.82) is 0 Å². The number of hydrogen-bond acceptors (Lipinski definition) is 0. The molecule has 0 spiro atoms. The summed E-state index contributed by atoms with van der Waals surface area (Å²) in [5, 5.41) is 1.62. The maximum absolute atomic E-state index is 2.35. The van der Waals surface area contributed by atoms with Crippen LogP contribution in [0.5, 0.6) is 0 Å². The quantitative estimate of drug-likeness (QED) is 0.589. The minimum absolute atomic E-state index is 0.599. The van der Waals surface area contributed by atoms with Crippen LogP contribution in [0, 0.1) is 11.8 Å². The van der Waals surface area contributed by atoms with Gasteiger partial charge in [0.1, 0.15) is 0 Å². The van der Waals surface area contributed by atoms with Crippen LogP contribution in [0.25, 0.3) is 0 Å². The zero-order chi connectivity index (χ0) is 10.4. The maximum Gasteiger partial charge on any atom is -0.00752 e. The van der Waals surface area contributed by atoms with Gasteiger partial charge in [0.2, 0.25) is 0 Å². The summed E-state index contributed by atoms with van der Waals surface area (Å²) in [5.74, 6) is 3.73. The van der Waals surface area contributed by atoms with Gasteiger partial charge in [-0.15, -0.1) is 0 Å². The van der Waals surface area contributed by atoms with Crippen LogP contribution < -0.4 is 0 Å². The fourth-order valence-corrected chi connectivity index (χ4v) is 3.15. The topological polar surface area (TPSA) is 0 Å².